The lowest BCUT2D eigenvalue weighted by atomic mass is 10.1. The van der Waals surface area contributed by atoms with E-state index in [-0.39, 0.29) is 5.56 Å². The highest BCUT2D eigenvalue weighted by Crippen LogP contribution is 2.13. The fourth-order valence-corrected chi connectivity index (χ4v) is 1.93. The first-order valence-electron chi connectivity index (χ1n) is 6.90. The van der Waals surface area contributed by atoms with Crippen molar-refractivity contribution in [3.8, 4) is 0 Å². The van der Waals surface area contributed by atoms with Gasteiger partial charge < -0.3 is 14.8 Å². The first kappa shape index (κ1) is 17.5. The Bertz CT molecular complexity index is 741. The van der Waals surface area contributed by atoms with Crippen LogP contribution in [0.4, 0.5) is 5.69 Å². The van der Waals surface area contributed by atoms with Crippen molar-refractivity contribution in [3.05, 3.63) is 64.7 Å². The maximum Gasteiger partial charge on any atom is 0.338 e. The van der Waals surface area contributed by atoms with Gasteiger partial charge in [-0.15, -0.1) is 0 Å². The van der Waals surface area contributed by atoms with Gasteiger partial charge in [0, 0.05) is 10.7 Å². The Hall–Kier alpha value is -2.86. The van der Waals surface area contributed by atoms with Crippen LogP contribution in [0.25, 0.3) is 0 Å². The molecule has 0 spiro atoms. The molecule has 0 fully saturated rings. The van der Waals surface area contributed by atoms with Crippen molar-refractivity contribution in [2.45, 2.75) is 0 Å². The van der Waals surface area contributed by atoms with E-state index in [9.17, 15) is 14.4 Å². The number of benzene rings is 2. The molecule has 24 heavy (non-hydrogen) atoms. The van der Waals surface area contributed by atoms with Gasteiger partial charge in [-0.2, -0.15) is 0 Å². The normalized spacial score (nSPS) is 9.92. The Balaban J connectivity index is 1.87. The molecule has 2 aromatic rings. The third-order valence-corrected chi connectivity index (χ3v) is 3.26. The summed E-state index contributed by atoms with van der Waals surface area (Å²) in [7, 11) is 1.27. The second-order valence-corrected chi connectivity index (χ2v) is 5.14. The molecule has 0 saturated carbocycles. The zero-order valence-corrected chi connectivity index (χ0v) is 13.5. The van der Waals surface area contributed by atoms with Crippen LogP contribution in [-0.4, -0.2) is 31.6 Å². The zero-order chi connectivity index (χ0) is 17.5. The van der Waals surface area contributed by atoms with E-state index in [1.54, 1.807) is 24.3 Å². The van der Waals surface area contributed by atoms with Crippen molar-refractivity contribution in [3.63, 3.8) is 0 Å². The van der Waals surface area contributed by atoms with Crippen molar-refractivity contribution in [1.29, 1.82) is 0 Å². The minimum absolute atomic E-state index is 0.224. The number of halogens is 1. The Labute approximate surface area is 143 Å². The Kier molecular flexibility index (Phi) is 5.92. The minimum atomic E-state index is -0.669. The number of carbonyl (C=O) groups excluding carboxylic acids is 3. The van der Waals surface area contributed by atoms with E-state index in [0.29, 0.717) is 16.3 Å². The van der Waals surface area contributed by atoms with Gasteiger partial charge in [0.05, 0.1) is 18.2 Å². The largest absolute Gasteiger partial charge is 0.465 e. The fraction of sp³-hybridized carbons (Fsp3) is 0.118. The molecule has 7 heteroatoms. The monoisotopic (exact) mass is 347 g/mol. The lowest BCUT2D eigenvalue weighted by Crippen LogP contribution is -2.20. The summed E-state index contributed by atoms with van der Waals surface area (Å²) in [5.41, 5.74) is 1.08. The summed E-state index contributed by atoms with van der Waals surface area (Å²) in [6.45, 7) is -0.430. The lowest BCUT2D eigenvalue weighted by Gasteiger charge is -2.07. The van der Waals surface area contributed by atoms with Crippen molar-refractivity contribution >= 4 is 35.1 Å². The molecule has 2 rings (SSSR count). The molecule has 0 aromatic heterocycles. The summed E-state index contributed by atoms with van der Waals surface area (Å²) < 4.78 is 9.48. The van der Waals surface area contributed by atoms with Gasteiger partial charge in [-0.1, -0.05) is 11.6 Å². The number of carbonyl (C=O) groups is 3. The third kappa shape index (κ3) is 4.82. The van der Waals surface area contributed by atoms with Crippen LogP contribution in [0, 0.1) is 0 Å². The molecule has 0 bridgehead atoms. The maximum absolute atomic E-state index is 11.9. The standard InChI is InChI=1S/C17H14ClNO5/c1-23-16(21)11-2-4-12(5-3-11)17(22)24-10-15(20)19-14-8-6-13(18)7-9-14/h2-9H,10H2,1H3,(H,19,20). The second kappa shape index (κ2) is 8.12. The Morgan fingerprint density at radius 2 is 1.46 bits per heavy atom. The molecule has 0 aliphatic heterocycles. The van der Waals surface area contributed by atoms with Crippen molar-refractivity contribution in [2.75, 3.05) is 19.0 Å². The molecule has 1 amide bonds. The highest BCUT2D eigenvalue weighted by molar-refractivity contribution is 6.30. The lowest BCUT2D eigenvalue weighted by molar-refractivity contribution is -0.119. The van der Waals surface area contributed by atoms with Gasteiger partial charge in [0.25, 0.3) is 5.91 Å². The number of hydrogen-bond acceptors (Lipinski definition) is 5. The van der Waals surface area contributed by atoms with Crippen LogP contribution >= 0.6 is 11.6 Å². The van der Waals surface area contributed by atoms with Crippen LogP contribution in [0.15, 0.2) is 48.5 Å². The van der Waals surface area contributed by atoms with Gasteiger partial charge >= 0.3 is 11.9 Å². The van der Waals surface area contributed by atoms with Crippen LogP contribution in [-0.2, 0) is 14.3 Å². The van der Waals surface area contributed by atoms with Gasteiger partial charge in [-0.25, -0.2) is 9.59 Å². The summed E-state index contributed by atoms with van der Waals surface area (Å²) in [6, 6.07) is 12.3. The summed E-state index contributed by atoms with van der Waals surface area (Å²) in [6.07, 6.45) is 0. The average molecular weight is 348 g/mol. The number of rotatable bonds is 5. The molecule has 0 aliphatic rings. The number of esters is 2. The predicted molar refractivity (Wildman–Crippen MR) is 88.1 cm³/mol. The Morgan fingerprint density at radius 3 is 2.00 bits per heavy atom. The quantitative estimate of drug-likeness (QED) is 0.841. The van der Waals surface area contributed by atoms with Gasteiger partial charge in [-0.3, -0.25) is 4.79 Å². The van der Waals surface area contributed by atoms with Crippen LogP contribution < -0.4 is 5.32 Å². The van der Waals surface area contributed by atoms with E-state index in [1.165, 1.54) is 31.4 Å². The van der Waals surface area contributed by atoms with Crippen molar-refractivity contribution < 1.29 is 23.9 Å². The molecule has 2 aromatic carbocycles. The van der Waals surface area contributed by atoms with Crippen LogP contribution in [0.2, 0.25) is 5.02 Å². The number of amides is 1. The molecule has 0 unspecified atom stereocenters. The van der Waals surface area contributed by atoms with Gasteiger partial charge in [0.15, 0.2) is 6.61 Å². The third-order valence-electron chi connectivity index (χ3n) is 3.00. The maximum atomic E-state index is 11.9. The molecule has 0 heterocycles. The highest BCUT2D eigenvalue weighted by atomic mass is 35.5. The number of nitrogens with one attached hydrogen (secondary N) is 1. The topological polar surface area (TPSA) is 81.7 Å². The van der Waals surface area contributed by atoms with Gasteiger partial charge in [0.1, 0.15) is 0 Å². The molecule has 6 nitrogen and oxygen atoms in total. The summed E-state index contributed by atoms with van der Waals surface area (Å²) in [4.78, 5) is 34.9. The molecule has 0 radical (unpaired) electrons. The average Bonchev–Trinajstić information content (AvgIpc) is 2.61. The van der Waals surface area contributed by atoms with E-state index >= 15 is 0 Å². The van der Waals surface area contributed by atoms with E-state index in [1.807, 2.05) is 0 Å². The Morgan fingerprint density at radius 1 is 0.917 bits per heavy atom. The molecular formula is C17H14ClNO5. The molecule has 124 valence electrons. The molecule has 0 saturated heterocycles. The molecular weight excluding hydrogens is 334 g/mol. The number of anilines is 1. The minimum Gasteiger partial charge on any atom is -0.465 e. The number of methoxy groups -OCH3 is 1. The van der Waals surface area contributed by atoms with Crippen molar-refractivity contribution in [2.24, 2.45) is 0 Å². The van der Waals surface area contributed by atoms with Crippen LogP contribution in [0.1, 0.15) is 20.7 Å². The van der Waals surface area contributed by atoms with Crippen LogP contribution in [0.3, 0.4) is 0 Å². The zero-order valence-electron chi connectivity index (χ0n) is 12.7. The predicted octanol–water partition coefficient (Wildman–Crippen LogP) is 2.92. The summed E-state index contributed by atoms with van der Waals surface area (Å²) in [5, 5.41) is 3.12. The fourth-order valence-electron chi connectivity index (χ4n) is 1.80. The summed E-state index contributed by atoms with van der Waals surface area (Å²) in [5.74, 6) is -1.65. The first-order valence-corrected chi connectivity index (χ1v) is 7.28. The van der Waals surface area contributed by atoms with Crippen molar-refractivity contribution in [1.82, 2.24) is 0 Å². The van der Waals surface area contributed by atoms with Gasteiger partial charge in [0.2, 0.25) is 0 Å². The number of ether oxygens (including phenoxy) is 2. The summed E-state index contributed by atoms with van der Waals surface area (Å²) >= 11 is 5.75. The van der Waals surface area contributed by atoms with E-state index in [4.69, 9.17) is 16.3 Å². The SMILES string of the molecule is COC(=O)c1ccc(C(=O)OCC(=O)Nc2ccc(Cl)cc2)cc1. The molecule has 0 aliphatic carbocycles. The second-order valence-electron chi connectivity index (χ2n) is 4.70. The van der Waals surface area contributed by atoms with Crippen LogP contribution in [0.5, 0.6) is 0 Å². The van der Waals surface area contributed by atoms with Gasteiger partial charge in [-0.05, 0) is 48.5 Å². The first-order chi connectivity index (χ1) is 11.5. The molecule has 0 atom stereocenters. The van der Waals surface area contributed by atoms with E-state index < -0.39 is 24.5 Å². The highest BCUT2D eigenvalue weighted by Gasteiger charge is 2.12. The van der Waals surface area contributed by atoms with E-state index in [0.717, 1.165) is 0 Å². The molecule has 1 N–H and O–H groups in total. The smallest absolute Gasteiger partial charge is 0.338 e. The van der Waals surface area contributed by atoms with E-state index in [2.05, 4.69) is 10.1 Å². The number of hydrogen-bond donors (Lipinski definition) is 1.